The zero-order valence-electron chi connectivity index (χ0n) is 13.0. The van der Waals surface area contributed by atoms with Crippen LogP contribution in [0, 0.1) is 5.41 Å². The Bertz CT molecular complexity index is 396. The van der Waals surface area contributed by atoms with Gasteiger partial charge in [0.15, 0.2) is 0 Å². The van der Waals surface area contributed by atoms with Crippen LogP contribution < -0.4 is 5.32 Å². The van der Waals surface area contributed by atoms with Crippen molar-refractivity contribution in [2.24, 2.45) is 5.41 Å². The van der Waals surface area contributed by atoms with Crippen molar-refractivity contribution in [2.75, 3.05) is 13.1 Å². The van der Waals surface area contributed by atoms with Crippen LogP contribution >= 0.6 is 0 Å². The zero-order chi connectivity index (χ0) is 15.0. The third-order valence-corrected chi connectivity index (χ3v) is 4.18. The first kappa shape index (κ1) is 15.1. The molecule has 1 atom stereocenters. The van der Waals surface area contributed by atoms with Gasteiger partial charge in [0.05, 0.1) is 0 Å². The number of nitrogens with zero attached hydrogens (tertiary/aromatic N) is 1. The molecular formula is C15H26N2O3. The van der Waals surface area contributed by atoms with Gasteiger partial charge in [-0.3, -0.25) is 4.79 Å². The molecule has 2 amide bonds. The molecule has 2 aliphatic rings. The van der Waals surface area contributed by atoms with Crippen LogP contribution in [0.25, 0.3) is 0 Å². The van der Waals surface area contributed by atoms with Crippen LogP contribution in [0.15, 0.2) is 0 Å². The number of carbonyl (C=O) groups excluding carboxylic acids is 2. The highest BCUT2D eigenvalue weighted by Crippen LogP contribution is 2.40. The molecule has 5 nitrogen and oxygen atoms in total. The summed E-state index contributed by atoms with van der Waals surface area (Å²) < 4.78 is 5.35. The Morgan fingerprint density at radius 2 is 1.95 bits per heavy atom. The minimum Gasteiger partial charge on any atom is -0.444 e. The number of hydrogen-bond donors (Lipinski definition) is 1. The quantitative estimate of drug-likeness (QED) is 0.845. The Kier molecular flexibility index (Phi) is 3.98. The molecule has 1 aliphatic carbocycles. The van der Waals surface area contributed by atoms with Gasteiger partial charge in [0.1, 0.15) is 5.60 Å². The van der Waals surface area contributed by atoms with Gasteiger partial charge < -0.3 is 15.0 Å². The van der Waals surface area contributed by atoms with Crippen molar-refractivity contribution >= 4 is 12.0 Å². The summed E-state index contributed by atoms with van der Waals surface area (Å²) in [4.78, 5) is 25.8. The number of amides is 2. The highest BCUT2D eigenvalue weighted by molar-refractivity contribution is 5.83. The summed E-state index contributed by atoms with van der Waals surface area (Å²) in [6, 6.07) is 0.0624. The molecular weight excluding hydrogens is 256 g/mol. The maximum atomic E-state index is 12.2. The number of nitrogens with one attached hydrogen (secondary N) is 1. The zero-order valence-corrected chi connectivity index (χ0v) is 13.0. The minimum atomic E-state index is -0.474. The van der Waals surface area contributed by atoms with E-state index in [1.165, 1.54) is 0 Å². The Morgan fingerprint density at radius 1 is 1.30 bits per heavy atom. The van der Waals surface area contributed by atoms with Crippen molar-refractivity contribution in [3.63, 3.8) is 0 Å². The molecule has 2 rings (SSSR count). The lowest BCUT2D eigenvalue weighted by molar-refractivity contribution is -0.135. The van der Waals surface area contributed by atoms with Crippen molar-refractivity contribution < 1.29 is 14.3 Å². The molecule has 1 saturated heterocycles. The fourth-order valence-corrected chi connectivity index (χ4v) is 2.66. The second-order valence-corrected chi connectivity index (χ2v) is 7.30. The van der Waals surface area contributed by atoms with Crippen LogP contribution in [0.2, 0.25) is 0 Å². The lowest BCUT2D eigenvalue weighted by Gasteiger charge is -2.37. The molecule has 0 aromatic carbocycles. The fourth-order valence-electron chi connectivity index (χ4n) is 2.66. The van der Waals surface area contributed by atoms with Crippen LogP contribution in [-0.2, 0) is 9.53 Å². The molecule has 0 radical (unpaired) electrons. The first-order chi connectivity index (χ1) is 9.20. The van der Waals surface area contributed by atoms with Crippen LogP contribution in [0.3, 0.4) is 0 Å². The predicted molar refractivity (Wildman–Crippen MR) is 76.3 cm³/mol. The van der Waals surface area contributed by atoms with Crippen LogP contribution in [0.1, 0.15) is 53.4 Å². The van der Waals surface area contributed by atoms with Gasteiger partial charge in [-0.1, -0.05) is 13.3 Å². The topological polar surface area (TPSA) is 58.6 Å². The molecule has 5 heteroatoms. The Hall–Kier alpha value is -1.26. The first-order valence-corrected chi connectivity index (χ1v) is 7.48. The Balaban J connectivity index is 1.80. The number of ether oxygens (including phenoxy) is 1. The van der Waals surface area contributed by atoms with Gasteiger partial charge in [0.25, 0.3) is 0 Å². The average molecular weight is 282 g/mol. The summed E-state index contributed by atoms with van der Waals surface area (Å²) in [7, 11) is 0. The Labute approximate surface area is 121 Å². The lowest BCUT2D eigenvalue weighted by Crippen LogP contribution is -2.48. The van der Waals surface area contributed by atoms with Gasteiger partial charge in [-0.05, 0) is 40.0 Å². The summed E-state index contributed by atoms with van der Waals surface area (Å²) >= 11 is 0. The van der Waals surface area contributed by atoms with Crippen LogP contribution in [-0.4, -0.2) is 41.6 Å². The average Bonchev–Trinajstić information content (AvgIpc) is 2.72. The Morgan fingerprint density at radius 3 is 2.45 bits per heavy atom. The molecule has 0 spiro atoms. The molecule has 1 N–H and O–H groups in total. The van der Waals surface area contributed by atoms with Crippen molar-refractivity contribution in [1.82, 2.24) is 10.2 Å². The smallest absolute Gasteiger partial charge is 0.410 e. The predicted octanol–water partition coefficient (Wildman–Crippen LogP) is 2.30. The summed E-state index contributed by atoms with van der Waals surface area (Å²) in [6.07, 6.45) is 3.60. The van der Waals surface area contributed by atoms with E-state index in [4.69, 9.17) is 4.74 Å². The van der Waals surface area contributed by atoms with E-state index < -0.39 is 5.60 Å². The lowest BCUT2D eigenvalue weighted by atomic mass is 9.70. The molecule has 0 aromatic rings. The van der Waals surface area contributed by atoms with Gasteiger partial charge in [-0.25, -0.2) is 4.79 Å². The van der Waals surface area contributed by atoms with Crippen LogP contribution in [0.5, 0.6) is 0 Å². The molecule has 1 aliphatic heterocycles. The summed E-state index contributed by atoms with van der Waals surface area (Å²) in [5.74, 6) is 0.139. The second kappa shape index (κ2) is 5.26. The molecule has 2 fully saturated rings. The van der Waals surface area contributed by atoms with Gasteiger partial charge in [-0.15, -0.1) is 0 Å². The standard InChI is InChI=1S/C15H26N2O3/c1-14(2,3)20-13(19)17-9-6-11(10-17)16-12(18)15(4)7-5-8-15/h11H,5-10H2,1-4H3,(H,16,18)/t11-/m0/s1. The van der Waals surface area contributed by atoms with E-state index in [1.807, 2.05) is 27.7 Å². The van der Waals surface area contributed by atoms with E-state index in [9.17, 15) is 9.59 Å². The normalized spacial score (nSPS) is 25.0. The number of carbonyl (C=O) groups is 2. The summed E-state index contributed by atoms with van der Waals surface area (Å²) in [5.41, 5.74) is -0.656. The third-order valence-electron chi connectivity index (χ3n) is 4.18. The van der Waals surface area contributed by atoms with Gasteiger partial charge in [0, 0.05) is 24.5 Å². The SMILES string of the molecule is CC(C)(C)OC(=O)N1CC[C@H](NC(=O)C2(C)CCC2)C1. The molecule has 0 aromatic heterocycles. The third kappa shape index (κ3) is 3.44. The van der Waals surface area contributed by atoms with Gasteiger partial charge in [0.2, 0.25) is 5.91 Å². The first-order valence-electron chi connectivity index (χ1n) is 7.48. The van der Waals surface area contributed by atoms with Crippen molar-refractivity contribution in [2.45, 2.75) is 65.0 Å². The minimum absolute atomic E-state index is 0.0624. The summed E-state index contributed by atoms with van der Waals surface area (Å²) in [6.45, 7) is 8.80. The maximum absolute atomic E-state index is 12.2. The van der Waals surface area contributed by atoms with Gasteiger partial charge in [-0.2, -0.15) is 0 Å². The van der Waals surface area contributed by atoms with E-state index in [0.717, 1.165) is 25.7 Å². The number of likely N-dealkylation sites (tertiary alicyclic amines) is 1. The molecule has 1 heterocycles. The highest BCUT2D eigenvalue weighted by atomic mass is 16.6. The highest BCUT2D eigenvalue weighted by Gasteiger charge is 2.41. The van der Waals surface area contributed by atoms with Crippen molar-refractivity contribution in [1.29, 1.82) is 0 Å². The molecule has 0 bridgehead atoms. The van der Waals surface area contributed by atoms with E-state index in [0.29, 0.717) is 13.1 Å². The van der Waals surface area contributed by atoms with E-state index in [-0.39, 0.29) is 23.5 Å². The fraction of sp³-hybridized carbons (Fsp3) is 0.867. The molecule has 1 saturated carbocycles. The molecule has 114 valence electrons. The monoisotopic (exact) mass is 282 g/mol. The number of hydrogen-bond acceptors (Lipinski definition) is 3. The van der Waals surface area contributed by atoms with Crippen LogP contribution in [0.4, 0.5) is 4.79 Å². The number of rotatable bonds is 2. The van der Waals surface area contributed by atoms with E-state index in [2.05, 4.69) is 5.32 Å². The molecule has 20 heavy (non-hydrogen) atoms. The van der Waals surface area contributed by atoms with Crippen molar-refractivity contribution in [3.05, 3.63) is 0 Å². The largest absolute Gasteiger partial charge is 0.444 e. The summed E-state index contributed by atoms with van der Waals surface area (Å²) in [5, 5.41) is 3.08. The maximum Gasteiger partial charge on any atom is 0.410 e. The van der Waals surface area contributed by atoms with Gasteiger partial charge >= 0.3 is 6.09 Å². The van der Waals surface area contributed by atoms with Crippen molar-refractivity contribution in [3.8, 4) is 0 Å². The molecule has 0 unspecified atom stereocenters. The second-order valence-electron chi connectivity index (χ2n) is 7.30. The van der Waals surface area contributed by atoms with E-state index >= 15 is 0 Å². The van der Waals surface area contributed by atoms with E-state index in [1.54, 1.807) is 4.90 Å².